The molecular weight excluding hydrogens is 368 g/mol. The molecule has 0 aromatic rings. The summed E-state index contributed by atoms with van der Waals surface area (Å²) in [6, 6.07) is 0. The third-order valence-electron chi connectivity index (χ3n) is 7.04. The van der Waals surface area contributed by atoms with Crippen LogP contribution in [0.15, 0.2) is 0 Å². The van der Waals surface area contributed by atoms with Crippen molar-refractivity contribution in [3.05, 3.63) is 6.54 Å². The topological polar surface area (TPSA) is 26.3 Å². The summed E-state index contributed by atoms with van der Waals surface area (Å²) in [6.07, 6.45) is 23.1. The molecule has 4 heteroatoms. The van der Waals surface area contributed by atoms with Crippen LogP contribution in [0.3, 0.4) is 0 Å². The Labute approximate surface area is 220 Å². The first-order valence-electron chi connectivity index (χ1n) is 13.1. The van der Waals surface area contributed by atoms with Gasteiger partial charge in [0.05, 0.1) is 0 Å². The third kappa shape index (κ3) is 15.6. The van der Waals surface area contributed by atoms with Gasteiger partial charge in [-0.15, -0.1) is 0 Å². The van der Waals surface area contributed by atoms with Gasteiger partial charge in [0.2, 0.25) is 0 Å². The van der Waals surface area contributed by atoms with Gasteiger partial charge in [-0.3, -0.25) is 12.6 Å². The van der Waals surface area contributed by atoms with Crippen LogP contribution in [0.25, 0.3) is 0 Å². The van der Waals surface area contributed by atoms with Gasteiger partial charge in [0, 0.05) is 0 Å². The van der Waals surface area contributed by atoms with Crippen LogP contribution in [0.5, 0.6) is 0 Å². The van der Waals surface area contributed by atoms with E-state index in [4.69, 9.17) is 0 Å². The molecule has 0 radical (unpaired) electrons. The molecule has 1 heterocycles. The molecule has 0 aromatic heterocycles. The van der Waals surface area contributed by atoms with Crippen LogP contribution >= 0.6 is 0 Å². The van der Waals surface area contributed by atoms with Crippen LogP contribution < -0.4 is 42.8 Å². The summed E-state index contributed by atoms with van der Waals surface area (Å²) in [6.45, 7) is 13.5. The van der Waals surface area contributed by atoms with E-state index in [9.17, 15) is 5.11 Å². The molecule has 0 aliphatic carbocycles. The predicted molar refractivity (Wildman–Crippen MR) is 127 cm³/mol. The molecule has 1 rings (SSSR count). The number of piperidine rings is 1. The van der Waals surface area contributed by atoms with Crippen molar-refractivity contribution in [3.63, 3.8) is 0 Å². The molecule has 0 amide bonds. The maximum Gasteiger partial charge on any atom is 1.00 e. The Morgan fingerprint density at radius 2 is 1.03 bits per heavy atom. The fourth-order valence-corrected chi connectivity index (χ4v) is 5.20. The number of hydrogen-bond donors (Lipinski definition) is 0. The Kier molecular flexibility index (Phi) is 21.5. The Morgan fingerprint density at radius 3 is 1.42 bits per heavy atom. The van der Waals surface area contributed by atoms with Gasteiger partial charge >= 0.3 is 37.7 Å². The average molecular weight is 422 g/mol. The number of unbranched alkanes of at least 4 members (excludes halogenated alkanes) is 13. The molecule has 0 N–H and O–H groups in total. The molecule has 0 saturated carbocycles. The Morgan fingerprint density at radius 1 is 0.677 bits per heavy atom. The standard InChI is InChI=1S/C27H53NO.2Li/c1-6-7-8-9-10-11-12-13-14-15-16-17-18-19-21-25(29)24-28-26(2,3)22-20-23-27(28,4)5;;/h24-25H,6-23H2,1-5H3;;/q-2;2*+1. The third-order valence-corrected chi connectivity index (χ3v) is 7.04. The quantitative estimate of drug-likeness (QED) is 0.203. The predicted octanol–water partition coefficient (Wildman–Crippen LogP) is 1.80. The van der Waals surface area contributed by atoms with Crippen molar-refractivity contribution in [2.45, 2.75) is 167 Å². The fraction of sp³-hybridized carbons (Fsp3) is 0.963. The molecule has 1 atom stereocenters. The van der Waals surface area contributed by atoms with Crippen molar-refractivity contribution < 1.29 is 42.8 Å². The van der Waals surface area contributed by atoms with Crippen molar-refractivity contribution in [1.29, 1.82) is 0 Å². The Hall–Kier alpha value is 1.11. The number of rotatable bonds is 17. The molecule has 2 nitrogen and oxygen atoms in total. The van der Waals surface area contributed by atoms with Crippen molar-refractivity contribution in [2.24, 2.45) is 0 Å². The molecule has 0 spiro atoms. The van der Waals surface area contributed by atoms with Gasteiger partial charge in [-0.25, -0.2) is 0 Å². The van der Waals surface area contributed by atoms with E-state index in [1.807, 2.05) is 6.54 Å². The van der Waals surface area contributed by atoms with E-state index in [0.29, 0.717) is 0 Å². The van der Waals surface area contributed by atoms with Gasteiger partial charge in [0.15, 0.2) is 0 Å². The molecule has 1 fully saturated rings. The van der Waals surface area contributed by atoms with Crippen LogP contribution in [-0.2, 0) is 0 Å². The second-order valence-electron chi connectivity index (χ2n) is 10.9. The van der Waals surface area contributed by atoms with E-state index >= 15 is 0 Å². The zero-order chi connectivity index (χ0) is 21.6. The monoisotopic (exact) mass is 421 g/mol. The van der Waals surface area contributed by atoms with E-state index in [1.54, 1.807) is 0 Å². The first kappa shape index (κ1) is 34.3. The zero-order valence-corrected chi connectivity index (χ0v) is 22.7. The molecule has 1 aliphatic heterocycles. The number of hydrogen-bond acceptors (Lipinski definition) is 2. The molecule has 31 heavy (non-hydrogen) atoms. The SMILES string of the molecule is CCCCCCCCCCCCCCCCC([O-])[CH-]N1C(C)(C)CCCC1(C)C.[Li+].[Li+]. The maximum absolute atomic E-state index is 12.6. The molecule has 1 saturated heterocycles. The summed E-state index contributed by atoms with van der Waals surface area (Å²) in [5.74, 6) is 0. The van der Waals surface area contributed by atoms with Gasteiger partial charge in [-0.05, 0) is 58.0 Å². The van der Waals surface area contributed by atoms with Gasteiger partial charge in [-0.1, -0.05) is 103 Å². The maximum atomic E-state index is 12.6. The van der Waals surface area contributed by atoms with Crippen LogP contribution in [0, 0.1) is 6.54 Å². The van der Waals surface area contributed by atoms with Crippen LogP contribution in [0.1, 0.15) is 150 Å². The summed E-state index contributed by atoms with van der Waals surface area (Å²) in [7, 11) is 0. The van der Waals surface area contributed by atoms with Crippen LogP contribution in [0.2, 0.25) is 0 Å². The Bertz CT molecular complexity index is 385. The van der Waals surface area contributed by atoms with Crippen molar-refractivity contribution in [1.82, 2.24) is 4.90 Å². The average Bonchev–Trinajstić information content (AvgIpc) is 2.65. The van der Waals surface area contributed by atoms with Crippen LogP contribution in [0.4, 0.5) is 0 Å². The van der Waals surface area contributed by atoms with Crippen molar-refractivity contribution in [3.8, 4) is 0 Å². The summed E-state index contributed by atoms with van der Waals surface area (Å²) in [5, 5.41) is 12.6. The fourth-order valence-electron chi connectivity index (χ4n) is 5.20. The second-order valence-corrected chi connectivity index (χ2v) is 10.9. The number of likely N-dealkylation sites (tertiary alicyclic amines) is 1. The first-order chi connectivity index (χ1) is 13.8. The van der Waals surface area contributed by atoms with E-state index in [0.717, 1.165) is 12.8 Å². The summed E-state index contributed by atoms with van der Waals surface area (Å²) in [5.41, 5.74) is 0.250. The summed E-state index contributed by atoms with van der Waals surface area (Å²) >= 11 is 0. The van der Waals surface area contributed by atoms with Gasteiger partial charge in [0.25, 0.3) is 0 Å². The van der Waals surface area contributed by atoms with Gasteiger partial charge < -0.3 is 10.0 Å². The second kappa shape index (κ2) is 19.4. The van der Waals surface area contributed by atoms with Gasteiger partial charge in [-0.2, -0.15) is 0 Å². The minimum atomic E-state index is -0.538. The molecule has 0 aromatic carbocycles. The molecular formula is C27H53Li2NO. The molecule has 1 unspecified atom stereocenters. The first-order valence-corrected chi connectivity index (χ1v) is 13.1. The molecule has 0 bridgehead atoms. The smallest absolute Gasteiger partial charge is 0.875 e. The largest absolute Gasteiger partial charge is 1.00 e. The molecule has 1 aliphatic rings. The van der Waals surface area contributed by atoms with E-state index in [2.05, 4.69) is 39.5 Å². The normalized spacial score (nSPS) is 18.8. The van der Waals surface area contributed by atoms with Gasteiger partial charge in [0.1, 0.15) is 0 Å². The van der Waals surface area contributed by atoms with E-state index in [-0.39, 0.29) is 48.8 Å². The van der Waals surface area contributed by atoms with Crippen LogP contribution in [-0.4, -0.2) is 22.1 Å². The Balaban J connectivity index is 0. The van der Waals surface area contributed by atoms with Crippen molar-refractivity contribution >= 4 is 0 Å². The minimum Gasteiger partial charge on any atom is -0.875 e. The summed E-state index contributed by atoms with van der Waals surface area (Å²) in [4.78, 5) is 2.39. The van der Waals surface area contributed by atoms with E-state index < -0.39 is 6.10 Å². The van der Waals surface area contributed by atoms with Crippen molar-refractivity contribution in [2.75, 3.05) is 0 Å². The van der Waals surface area contributed by atoms with E-state index in [1.165, 1.54) is 103 Å². The summed E-state index contributed by atoms with van der Waals surface area (Å²) < 4.78 is 0. The number of nitrogens with zero attached hydrogens (tertiary/aromatic N) is 1. The zero-order valence-electron chi connectivity index (χ0n) is 22.7. The molecule has 174 valence electrons. The minimum absolute atomic E-state index is 0.